The van der Waals surface area contributed by atoms with Gasteiger partial charge in [0.1, 0.15) is 11.7 Å². The van der Waals surface area contributed by atoms with Crippen molar-refractivity contribution in [1.29, 1.82) is 0 Å². The number of pyridine rings is 1. The SMILES string of the molecule is CC(C)(C)c1ccc(N(C(=O)c2c[nH]cn2)C(C(=O)N[C@@H]2c3ccccc3C[C@H]2O)c2cccnc2)cc1. The third-order valence-corrected chi connectivity index (χ3v) is 6.96. The molecular formula is C30H31N5O3. The Hall–Kier alpha value is -4.30. The molecule has 8 nitrogen and oxygen atoms in total. The van der Waals surface area contributed by atoms with Crippen molar-refractivity contribution in [2.24, 2.45) is 0 Å². The fraction of sp³-hybridized carbons (Fsp3) is 0.267. The minimum absolute atomic E-state index is 0.0817. The smallest absolute Gasteiger partial charge is 0.279 e. The summed E-state index contributed by atoms with van der Waals surface area (Å²) in [7, 11) is 0. The number of nitrogens with one attached hydrogen (secondary N) is 2. The van der Waals surface area contributed by atoms with E-state index in [1.807, 2.05) is 48.5 Å². The van der Waals surface area contributed by atoms with Gasteiger partial charge in [0.05, 0.1) is 18.5 Å². The van der Waals surface area contributed by atoms with Crippen LogP contribution in [0.25, 0.3) is 0 Å². The Bertz CT molecular complexity index is 1410. The largest absolute Gasteiger partial charge is 0.390 e. The average molecular weight is 510 g/mol. The minimum Gasteiger partial charge on any atom is -0.390 e. The molecule has 0 bridgehead atoms. The van der Waals surface area contributed by atoms with Crippen molar-refractivity contribution in [2.75, 3.05) is 4.90 Å². The number of carbonyl (C=O) groups excluding carboxylic acids is 2. The highest BCUT2D eigenvalue weighted by Gasteiger charge is 2.38. The van der Waals surface area contributed by atoms with E-state index in [0.717, 1.165) is 16.7 Å². The normalized spacial score (nSPS) is 17.5. The van der Waals surface area contributed by atoms with Crippen LogP contribution in [0, 0.1) is 0 Å². The molecule has 1 aliphatic rings. The van der Waals surface area contributed by atoms with Crippen LogP contribution in [-0.2, 0) is 16.6 Å². The number of benzene rings is 2. The highest BCUT2D eigenvalue weighted by molar-refractivity contribution is 6.09. The Balaban J connectivity index is 1.59. The molecule has 194 valence electrons. The zero-order valence-electron chi connectivity index (χ0n) is 21.6. The first-order chi connectivity index (χ1) is 18.2. The summed E-state index contributed by atoms with van der Waals surface area (Å²) in [6.07, 6.45) is 5.81. The molecule has 38 heavy (non-hydrogen) atoms. The number of carbonyl (C=O) groups is 2. The maximum absolute atomic E-state index is 14.1. The molecule has 2 aromatic heterocycles. The molecule has 3 atom stereocenters. The molecule has 0 aliphatic heterocycles. The van der Waals surface area contributed by atoms with Crippen molar-refractivity contribution >= 4 is 17.5 Å². The first kappa shape index (κ1) is 25.4. The van der Waals surface area contributed by atoms with Crippen molar-refractivity contribution < 1.29 is 14.7 Å². The molecule has 2 aromatic carbocycles. The van der Waals surface area contributed by atoms with Gasteiger partial charge in [-0.15, -0.1) is 0 Å². The van der Waals surface area contributed by atoms with Crippen molar-refractivity contribution in [3.63, 3.8) is 0 Å². The lowest BCUT2D eigenvalue weighted by Gasteiger charge is -2.32. The molecule has 0 fully saturated rings. The topological polar surface area (TPSA) is 111 Å². The first-order valence-electron chi connectivity index (χ1n) is 12.6. The molecule has 2 heterocycles. The van der Waals surface area contributed by atoms with Gasteiger partial charge in [0, 0.05) is 36.3 Å². The number of amides is 2. The Morgan fingerprint density at radius 3 is 2.50 bits per heavy atom. The Kier molecular flexibility index (Phi) is 6.82. The van der Waals surface area contributed by atoms with Crippen molar-refractivity contribution in [3.05, 3.63) is 114 Å². The van der Waals surface area contributed by atoms with Crippen molar-refractivity contribution in [3.8, 4) is 0 Å². The van der Waals surface area contributed by atoms with Gasteiger partial charge < -0.3 is 15.4 Å². The quantitative estimate of drug-likeness (QED) is 0.360. The van der Waals surface area contributed by atoms with E-state index < -0.39 is 30.0 Å². The zero-order chi connectivity index (χ0) is 26.9. The molecule has 0 saturated heterocycles. The molecule has 0 saturated carbocycles. The number of fused-ring (bicyclic) bond motifs is 1. The lowest BCUT2D eigenvalue weighted by Crippen LogP contribution is -2.46. The number of imidazole rings is 1. The summed E-state index contributed by atoms with van der Waals surface area (Å²) < 4.78 is 0. The monoisotopic (exact) mass is 509 g/mol. The Morgan fingerprint density at radius 1 is 1.08 bits per heavy atom. The lowest BCUT2D eigenvalue weighted by molar-refractivity contribution is -0.124. The van der Waals surface area contributed by atoms with Crippen LogP contribution in [0.2, 0.25) is 0 Å². The Morgan fingerprint density at radius 2 is 1.84 bits per heavy atom. The summed E-state index contributed by atoms with van der Waals surface area (Å²) in [6.45, 7) is 6.35. The molecule has 4 aromatic rings. The predicted molar refractivity (Wildman–Crippen MR) is 145 cm³/mol. The van der Waals surface area contributed by atoms with Gasteiger partial charge in [-0.3, -0.25) is 19.5 Å². The van der Waals surface area contributed by atoms with Gasteiger partial charge >= 0.3 is 0 Å². The third kappa shape index (κ3) is 4.95. The molecule has 5 rings (SSSR count). The maximum Gasteiger partial charge on any atom is 0.279 e. The molecule has 1 aliphatic carbocycles. The van der Waals surface area contributed by atoms with Crippen molar-refractivity contribution in [2.45, 2.75) is 50.8 Å². The molecule has 0 radical (unpaired) electrons. The van der Waals surface area contributed by atoms with Gasteiger partial charge in [0.25, 0.3) is 5.91 Å². The van der Waals surface area contributed by atoms with E-state index in [-0.39, 0.29) is 11.1 Å². The van der Waals surface area contributed by atoms with Gasteiger partial charge in [0.2, 0.25) is 5.91 Å². The molecule has 3 N–H and O–H groups in total. The van der Waals surface area contributed by atoms with Crippen LogP contribution in [-0.4, -0.2) is 38.0 Å². The van der Waals surface area contributed by atoms with E-state index in [2.05, 4.69) is 41.0 Å². The second-order valence-electron chi connectivity index (χ2n) is 10.6. The summed E-state index contributed by atoms with van der Waals surface area (Å²) in [6, 6.07) is 17.1. The number of nitrogens with zero attached hydrogens (tertiary/aromatic N) is 3. The van der Waals surface area contributed by atoms with E-state index in [1.54, 1.807) is 24.5 Å². The maximum atomic E-state index is 14.1. The number of rotatable bonds is 6. The lowest BCUT2D eigenvalue weighted by atomic mass is 9.87. The summed E-state index contributed by atoms with van der Waals surface area (Å²) in [5, 5.41) is 13.8. The average Bonchev–Trinajstić information content (AvgIpc) is 3.55. The van der Waals surface area contributed by atoms with Gasteiger partial charge in [0.15, 0.2) is 0 Å². The number of H-pyrrole nitrogens is 1. The number of anilines is 1. The second kappa shape index (κ2) is 10.2. The van der Waals surface area contributed by atoms with Crippen molar-refractivity contribution in [1.82, 2.24) is 20.3 Å². The fourth-order valence-electron chi connectivity index (χ4n) is 4.94. The Labute approximate surface area is 221 Å². The van der Waals surface area contributed by atoms with Crippen LogP contribution in [0.1, 0.15) is 65.6 Å². The predicted octanol–water partition coefficient (Wildman–Crippen LogP) is 4.26. The summed E-state index contributed by atoms with van der Waals surface area (Å²) >= 11 is 0. The highest BCUT2D eigenvalue weighted by Crippen LogP contribution is 2.35. The second-order valence-corrected chi connectivity index (χ2v) is 10.6. The highest BCUT2D eigenvalue weighted by atomic mass is 16.3. The van der Waals surface area contributed by atoms with E-state index >= 15 is 0 Å². The van der Waals surface area contributed by atoms with Gasteiger partial charge in [-0.25, -0.2) is 4.98 Å². The van der Waals surface area contributed by atoms with Gasteiger partial charge in [-0.1, -0.05) is 63.2 Å². The first-order valence-corrected chi connectivity index (χ1v) is 12.6. The number of aromatic nitrogens is 3. The summed E-state index contributed by atoms with van der Waals surface area (Å²) in [5.41, 5.74) is 4.14. The van der Waals surface area contributed by atoms with E-state index in [9.17, 15) is 14.7 Å². The number of aliphatic hydroxyl groups excluding tert-OH is 1. The molecule has 8 heteroatoms. The fourth-order valence-corrected chi connectivity index (χ4v) is 4.94. The van der Waals surface area contributed by atoms with Crippen LogP contribution in [0.5, 0.6) is 0 Å². The van der Waals surface area contributed by atoms with E-state index in [4.69, 9.17) is 0 Å². The summed E-state index contributed by atoms with van der Waals surface area (Å²) in [4.78, 5) is 40.7. The molecule has 2 amide bonds. The number of aliphatic hydroxyl groups is 1. The van der Waals surface area contributed by atoms with Crippen LogP contribution in [0.4, 0.5) is 5.69 Å². The van der Waals surface area contributed by atoms with E-state index in [0.29, 0.717) is 17.7 Å². The van der Waals surface area contributed by atoms with Crippen LogP contribution < -0.4 is 10.2 Å². The molecule has 0 spiro atoms. The molecule has 1 unspecified atom stereocenters. The van der Waals surface area contributed by atoms with E-state index in [1.165, 1.54) is 17.4 Å². The van der Waals surface area contributed by atoms with Crippen LogP contribution in [0.15, 0.2) is 85.6 Å². The third-order valence-electron chi connectivity index (χ3n) is 6.96. The summed E-state index contributed by atoms with van der Waals surface area (Å²) in [5.74, 6) is -0.867. The van der Waals surface area contributed by atoms with Gasteiger partial charge in [-0.2, -0.15) is 0 Å². The van der Waals surface area contributed by atoms with Crippen LogP contribution in [0.3, 0.4) is 0 Å². The zero-order valence-corrected chi connectivity index (χ0v) is 21.6. The standard InChI is InChI=1S/C30H31N5O3/c1-30(2,3)21-10-12-22(13-11-21)35(29(38)24-17-32-18-33-24)27(20-8-6-14-31-16-20)28(37)34-26-23-9-5-4-7-19(23)15-25(26)36/h4-14,16-18,25-27,36H,15H2,1-3H3,(H,32,33)(H,34,37)/t25-,26-,27?/m1/s1. The minimum atomic E-state index is -1.06. The molecular weight excluding hydrogens is 478 g/mol. The number of hydrogen-bond acceptors (Lipinski definition) is 5. The number of aromatic amines is 1. The van der Waals surface area contributed by atoms with Crippen LogP contribution >= 0.6 is 0 Å². The number of hydrogen-bond donors (Lipinski definition) is 3. The van der Waals surface area contributed by atoms with Gasteiger partial charge in [-0.05, 0) is 40.3 Å².